The molecule has 1 radical (unpaired) electrons. The summed E-state index contributed by atoms with van der Waals surface area (Å²) in [5, 5.41) is 0. The van der Waals surface area contributed by atoms with E-state index in [4.69, 9.17) is 6.58 Å². The standard InChI is InChI=1S/C26H29/c1-3-5-7-9-11-13-15-17-19-21-23-25-26-24-22-20-18-16-14-12-10-8-6-4-2/h1,3,5-26H,4H2,2H3. The molecule has 0 heteroatoms. The molecule has 0 unspecified atom stereocenters. The highest BCUT2D eigenvalue weighted by molar-refractivity contribution is 5.23. The van der Waals surface area contributed by atoms with Crippen molar-refractivity contribution < 1.29 is 0 Å². The second-order valence-electron chi connectivity index (χ2n) is 4.88. The van der Waals surface area contributed by atoms with Crippen LogP contribution in [0.4, 0.5) is 0 Å². The summed E-state index contributed by atoms with van der Waals surface area (Å²) in [6.45, 7) is 7.34. The highest BCUT2D eigenvalue weighted by atomic mass is 13.7. The van der Waals surface area contributed by atoms with Crippen LogP contribution in [0.3, 0.4) is 0 Å². The van der Waals surface area contributed by atoms with Crippen molar-refractivity contribution in [3.05, 3.63) is 146 Å². The van der Waals surface area contributed by atoms with E-state index in [1.54, 1.807) is 6.08 Å². The maximum Gasteiger partial charge on any atom is -0.0376 e. The van der Waals surface area contributed by atoms with Gasteiger partial charge in [0.05, 0.1) is 0 Å². The lowest BCUT2D eigenvalue weighted by Gasteiger charge is -1.76. The van der Waals surface area contributed by atoms with Gasteiger partial charge >= 0.3 is 0 Å². The Morgan fingerprint density at radius 1 is 0.385 bits per heavy atom. The topological polar surface area (TPSA) is 0 Å². The Bertz CT molecular complexity index is 648. The predicted octanol–water partition coefficient (Wildman–Crippen LogP) is 7.50. The fraction of sp³-hybridized carbons (Fsp3) is 0.0769. The maximum absolute atomic E-state index is 5.22. The van der Waals surface area contributed by atoms with Crippen molar-refractivity contribution in [2.24, 2.45) is 0 Å². The summed E-state index contributed by atoms with van der Waals surface area (Å²) in [6.07, 6.45) is 46.2. The molecule has 0 N–H and O–H groups in total. The van der Waals surface area contributed by atoms with Gasteiger partial charge in [0.2, 0.25) is 0 Å². The molecule has 0 heterocycles. The fourth-order valence-electron chi connectivity index (χ4n) is 1.50. The molecule has 133 valence electrons. The van der Waals surface area contributed by atoms with Crippen molar-refractivity contribution in [1.82, 2.24) is 0 Å². The zero-order valence-corrected chi connectivity index (χ0v) is 15.6. The van der Waals surface area contributed by atoms with Crippen LogP contribution in [0.1, 0.15) is 13.3 Å². The lowest BCUT2D eigenvalue weighted by Crippen LogP contribution is -1.54. The molecule has 0 rings (SSSR count). The van der Waals surface area contributed by atoms with E-state index >= 15 is 0 Å². The third-order valence-corrected chi connectivity index (χ3v) is 2.71. The lowest BCUT2D eigenvalue weighted by molar-refractivity contribution is 1.22. The summed E-state index contributed by atoms with van der Waals surface area (Å²) in [4.78, 5) is 0. The zero-order valence-electron chi connectivity index (χ0n) is 15.6. The molecular formula is C26H29. The summed E-state index contributed by atoms with van der Waals surface area (Å²) < 4.78 is 0. The van der Waals surface area contributed by atoms with Gasteiger partial charge in [0.15, 0.2) is 0 Å². The van der Waals surface area contributed by atoms with Crippen LogP contribution in [0.2, 0.25) is 0 Å². The Hall–Kier alpha value is -3.12. The second-order valence-corrected chi connectivity index (χ2v) is 4.88. The molecule has 0 bridgehead atoms. The van der Waals surface area contributed by atoms with E-state index in [0.717, 1.165) is 6.42 Å². The average Bonchev–Trinajstić information content (AvgIpc) is 2.66. The SMILES string of the molecule is [CH]=CC=CC=CC=CC=CC=CC=CC=CC=CC=CC=CC=CCC. The Labute approximate surface area is 160 Å². The van der Waals surface area contributed by atoms with Gasteiger partial charge in [0.25, 0.3) is 0 Å². The Morgan fingerprint density at radius 2 is 0.615 bits per heavy atom. The molecule has 0 saturated heterocycles. The molecular weight excluding hydrogens is 312 g/mol. The molecule has 0 aromatic heterocycles. The van der Waals surface area contributed by atoms with Gasteiger partial charge in [-0.1, -0.05) is 153 Å². The molecule has 0 amide bonds. The maximum atomic E-state index is 5.22. The van der Waals surface area contributed by atoms with Gasteiger partial charge in [-0.2, -0.15) is 0 Å². The van der Waals surface area contributed by atoms with Crippen LogP contribution in [0.5, 0.6) is 0 Å². The van der Waals surface area contributed by atoms with Crippen molar-refractivity contribution in [3.8, 4) is 0 Å². The predicted molar refractivity (Wildman–Crippen MR) is 120 cm³/mol. The monoisotopic (exact) mass is 341 g/mol. The first kappa shape index (κ1) is 22.9. The zero-order chi connectivity index (χ0) is 19.0. The summed E-state index contributed by atoms with van der Waals surface area (Å²) in [7, 11) is 0. The summed E-state index contributed by atoms with van der Waals surface area (Å²) in [5.74, 6) is 0. The van der Waals surface area contributed by atoms with E-state index in [0.29, 0.717) is 0 Å². The Balaban J connectivity index is 3.92. The van der Waals surface area contributed by atoms with Gasteiger partial charge in [-0.3, -0.25) is 0 Å². The molecule has 0 aliphatic carbocycles. The summed E-state index contributed by atoms with van der Waals surface area (Å²) >= 11 is 0. The molecule has 0 fully saturated rings. The van der Waals surface area contributed by atoms with Crippen LogP contribution in [0.15, 0.2) is 140 Å². The van der Waals surface area contributed by atoms with E-state index < -0.39 is 0 Å². The van der Waals surface area contributed by atoms with Crippen LogP contribution in [-0.4, -0.2) is 0 Å². The molecule has 0 aliphatic heterocycles. The number of hydrogen-bond acceptors (Lipinski definition) is 0. The highest BCUT2D eigenvalue weighted by Gasteiger charge is 1.66. The third-order valence-electron chi connectivity index (χ3n) is 2.71. The summed E-state index contributed by atoms with van der Waals surface area (Å²) in [6, 6.07) is 0. The van der Waals surface area contributed by atoms with E-state index in [2.05, 4.69) is 19.1 Å². The Kier molecular flexibility index (Phi) is 19.3. The normalized spacial score (nSPS) is 14.5. The second kappa shape index (κ2) is 21.9. The van der Waals surface area contributed by atoms with Crippen molar-refractivity contribution in [2.45, 2.75) is 13.3 Å². The number of rotatable bonds is 12. The molecule has 0 spiro atoms. The Morgan fingerprint density at radius 3 is 0.846 bits per heavy atom. The first-order valence-electron chi connectivity index (χ1n) is 8.78. The van der Waals surface area contributed by atoms with Gasteiger partial charge in [-0.25, -0.2) is 0 Å². The van der Waals surface area contributed by atoms with E-state index in [-0.39, 0.29) is 0 Å². The number of hydrogen-bond donors (Lipinski definition) is 0. The lowest BCUT2D eigenvalue weighted by atomic mass is 10.3. The fourth-order valence-corrected chi connectivity index (χ4v) is 1.50. The molecule has 0 aromatic carbocycles. The third kappa shape index (κ3) is 20.9. The summed E-state index contributed by atoms with van der Waals surface area (Å²) in [5.41, 5.74) is 0. The van der Waals surface area contributed by atoms with Crippen LogP contribution < -0.4 is 0 Å². The molecule has 26 heavy (non-hydrogen) atoms. The molecule has 0 saturated carbocycles. The average molecular weight is 342 g/mol. The smallest absolute Gasteiger partial charge is 0.0376 e. The van der Waals surface area contributed by atoms with E-state index in [1.165, 1.54) is 6.08 Å². The van der Waals surface area contributed by atoms with Gasteiger partial charge < -0.3 is 0 Å². The molecule has 0 nitrogen and oxygen atoms in total. The van der Waals surface area contributed by atoms with Crippen molar-refractivity contribution >= 4 is 0 Å². The molecule has 0 aliphatic rings. The van der Waals surface area contributed by atoms with Gasteiger partial charge in [-0.05, 0) is 6.42 Å². The van der Waals surface area contributed by atoms with Crippen molar-refractivity contribution in [1.29, 1.82) is 0 Å². The first-order chi connectivity index (χ1) is 12.9. The van der Waals surface area contributed by atoms with Crippen molar-refractivity contribution in [3.63, 3.8) is 0 Å². The minimum absolute atomic E-state index is 1.07. The highest BCUT2D eigenvalue weighted by Crippen LogP contribution is 1.87. The van der Waals surface area contributed by atoms with Crippen molar-refractivity contribution in [2.75, 3.05) is 0 Å². The van der Waals surface area contributed by atoms with E-state index in [9.17, 15) is 0 Å². The van der Waals surface area contributed by atoms with Crippen LogP contribution in [-0.2, 0) is 0 Å². The van der Waals surface area contributed by atoms with E-state index in [1.807, 2.05) is 115 Å². The van der Waals surface area contributed by atoms with Gasteiger partial charge in [-0.15, -0.1) is 0 Å². The van der Waals surface area contributed by atoms with Crippen LogP contribution in [0.25, 0.3) is 0 Å². The minimum atomic E-state index is 1.07. The minimum Gasteiger partial charge on any atom is -0.0848 e. The largest absolute Gasteiger partial charge is 0.0848 e. The van der Waals surface area contributed by atoms with Crippen LogP contribution in [0, 0.1) is 6.58 Å². The van der Waals surface area contributed by atoms with Gasteiger partial charge in [0.1, 0.15) is 0 Å². The first-order valence-corrected chi connectivity index (χ1v) is 8.78. The molecule has 0 atom stereocenters. The number of allylic oxidation sites excluding steroid dienone is 23. The molecule has 0 aromatic rings. The van der Waals surface area contributed by atoms with Crippen LogP contribution >= 0.6 is 0 Å². The quantitative estimate of drug-likeness (QED) is 0.322. The van der Waals surface area contributed by atoms with Gasteiger partial charge in [0, 0.05) is 0 Å².